The van der Waals surface area contributed by atoms with Gasteiger partial charge in [0.15, 0.2) is 0 Å². The van der Waals surface area contributed by atoms with Crippen LogP contribution in [0.3, 0.4) is 0 Å². The first-order valence-electron chi connectivity index (χ1n) is 3.99. The smallest absolute Gasteiger partial charge is 0.332 e. The SMILES string of the molecule is CCOC(=O)/C=C\N1C(=O)CSC1=O. The zero-order chi connectivity index (χ0) is 10.6. The van der Waals surface area contributed by atoms with Crippen molar-refractivity contribution < 1.29 is 19.1 Å². The van der Waals surface area contributed by atoms with Gasteiger partial charge in [-0.05, 0) is 6.92 Å². The van der Waals surface area contributed by atoms with Crippen molar-refractivity contribution in [2.24, 2.45) is 0 Å². The predicted octanol–water partition coefficient (Wildman–Crippen LogP) is 0.759. The van der Waals surface area contributed by atoms with Gasteiger partial charge in [-0.15, -0.1) is 0 Å². The zero-order valence-electron chi connectivity index (χ0n) is 7.56. The Morgan fingerprint density at radius 2 is 2.36 bits per heavy atom. The molecule has 0 unspecified atom stereocenters. The van der Waals surface area contributed by atoms with E-state index in [0.29, 0.717) is 0 Å². The Kier molecular flexibility index (Phi) is 3.70. The van der Waals surface area contributed by atoms with E-state index in [1.807, 2.05) is 0 Å². The zero-order valence-corrected chi connectivity index (χ0v) is 8.37. The first-order valence-corrected chi connectivity index (χ1v) is 4.97. The van der Waals surface area contributed by atoms with Gasteiger partial charge in [-0.2, -0.15) is 0 Å². The molecule has 6 heteroatoms. The van der Waals surface area contributed by atoms with Gasteiger partial charge in [0.25, 0.3) is 5.24 Å². The second-order valence-corrected chi connectivity index (χ2v) is 3.31. The normalized spacial score (nSPS) is 16.8. The minimum atomic E-state index is -0.565. The van der Waals surface area contributed by atoms with Gasteiger partial charge in [0.2, 0.25) is 5.91 Å². The summed E-state index contributed by atoms with van der Waals surface area (Å²) in [7, 11) is 0. The van der Waals surface area contributed by atoms with E-state index >= 15 is 0 Å². The van der Waals surface area contributed by atoms with Gasteiger partial charge < -0.3 is 4.74 Å². The van der Waals surface area contributed by atoms with Crippen LogP contribution in [0.1, 0.15) is 6.92 Å². The fraction of sp³-hybridized carbons (Fsp3) is 0.375. The van der Waals surface area contributed by atoms with E-state index in [1.165, 1.54) is 0 Å². The van der Waals surface area contributed by atoms with E-state index in [4.69, 9.17) is 0 Å². The Hall–Kier alpha value is -1.30. The first-order chi connectivity index (χ1) is 6.65. The van der Waals surface area contributed by atoms with Crippen molar-refractivity contribution in [1.29, 1.82) is 0 Å². The third-order valence-corrected chi connectivity index (χ3v) is 2.27. The maximum absolute atomic E-state index is 11.0. The number of carbonyl (C=O) groups excluding carboxylic acids is 3. The summed E-state index contributed by atoms with van der Waals surface area (Å²) in [4.78, 5) is 33.8. The van der Waals surface area contributed by atoms with Crippen molar-refractivity contribution in [1.82, 2.24) is 4.90 Å². The van der Waals surface area contributed by atoms with Gasteiger partial charge in [0, 0.05) is 12.3 Å². The van der Waals surface area contributed by atoms with Crippen LogP contribution in [0.25, 0.3) is 0 Å². The predicted molar refractivity (Wildman–Crippen MR) is 50.5 cm³/mol. The third kappa shape index (κ3) is 2.59. The van der Waals surface area contributed by atoms with Crippen LogP contribution >= 0.6 is 11.8 Å². The molecule has 2 amide bonds. The molecule has 1 fully saturated rings. The highest BCUT2D eigenvalue weighted by atomic mass is 32.2. The minimum Gasteiger partial charge on any atom is -0.463 e. The molecule has 0 aromatic rings. The molecule has 1 heterocycles. The molecule has 0 atom stereocenters. The lowest BCUT2D eigenvalue weighted by molar-refractivity contribution is -0.137. The van der Waals surface area contributed by atoms with E-state index in [2.05, 4.69) is 4.74 Å². The highest BCUT2D eigenvalue weighted by Gasteiger charge is 2.27. The molecule has 1 aliphatic rings. The van der Waals surface area contributed by atoms with Crippen LogP contribution in [0.15, 0.2) is 12.3 Å². The lowest BCUT2D eigenvalue weighted by Crippen LogP contribution is -2.22. The molecule has 0 aromatic carbocycles. The lowest BCUT2D eigenvalue weighted by atomic mass is 10.5. The van der Waals surface area contributed by atoms with Gasteiger partial charge >= 0.3 is 5.97 Å². The van der Waals surface area contributed by atoms with E-state index < -0.39 is 5.97 Å². The van der Waals surface area contributed by atoms with Crippen molar-refractivity contribution in [2.75, 3.05) is 12.4 Å². The number of hydrogen-bond donors (Lipinski definition) is 0. The molecule has 1 rings (SSSR count). The molecule has 0 N–H and O–H groups in total. The molecule has 0 spiro atoms. The summed E-state index contributed by atoms with van der Waals surface area (Å²) in [5.74, 6) is -0.753. The molecule has 0 saturated carbocycles. The number of esters is 1. The highest BCUT2D eigenvalue weighted by Crippen LogP contribution is 2.18. The second-order valence-electron chi connectivity index (χ2n) is 2.39. The molecule has 0 radical (unpaired) electrons. The number of imide groups is 1. The number of nitrogens with zero attached hydrogens (tertiary/aromatic N) is 1. The fourth-order valence-corrected chi connectivity index (χ4v) is 1.52. The quantitative estimate of drug-likeness (QED) is 0.513. The summed E-state index contributed by atoms with van der Waals surface area (Å²) in [6, 6.07) is 0. The standard InChI is InChI=1S/C8H9NO4S/c1-2-13-7(11)3-4-9-6(10)5-14-8(9)12/h3-4H,2,5H2,1H3/b4-3-. The van der Waals surface area contributed by atoms with Gasteiger partial charge in [0.05, 0.1) is 12.4 Å². The third-order valence-electron chi connectivity index (χ3n) is 1.43. The van der Waals surface area contributed by atoms with Crippen LogP contribution in [0, 0.1) is 0 Å². The number of thioether (sulfide) groups is 1. The maximum atomic E-state index is 11.0. The summed E-state index contributed by atoms with van der Waals surface area (Å²) in [6.45, 7) is 1.94. The van der Waals surface area contributed by atoms with Crippen LogP contribution in [0.2, 0.25) is 0 Å². The van der Waals surface area contributed by atoms with Gasteiger partial charge in [-0.1, -0.05) is 11.8 Å². The molecule has 5 nitrogen and oxygen atoms in total. The second kappa shape index (κ2) is 4.80. The Labute approximate surface area is 85.1 Å². The van der Waals surface area contributed by atoms with Crippen LogP contribution in [-0.4, -0.2) is 34.4 Å². The van der Waals surface area contributed by atoms with E-state index in [1.54, 1.807) is 6.92 Å². The Bertz CT molecular complexity index is 284. The number of rotatable bonds is 3. The van der Waals surface area contributed by atoms with Crippen molar-refractivity contribution >= 4 is 28.9 Å². The van der Waals surface area contributed by atoms with Crippen molar-refractivity contribution in [3.8, 4) is 0 Å². The Morgan fingerprint density at radius 3 is 2.86 bits per heavy atom. The maximum Gasteiger partial charge on any atom is 0.332 e. The van der Waals surface area contributed by atoms with Gasteiger partial charge in [-0.3, -0.25) is 9.59 Å². The number of amides is 2. The first kappa shape index (κ1) is 10.8. The number of hydrogen-bond acceptors (Lipinski definition) is 5. The van der Waals surface area contributed by atoms with Gasteiger partial charge in [-0.25, -0.2) is 9.69 Å². The largest absolute Gasteiger partial charge is 0.463 e. The molecule has 0 aromatic heterocycles. The molecular formula is C8H9NO4S. The van der Waals surface area contributed by atoms with Crippen LogP contribution in [0.4, 0.5) is 4.79 Å². The fourth-order valence-electron chi connectivity index (χ4n) is 0.834. The van der Waals surface area contributed by atoms with Crippen molar-refractivity contribution in [3.05, 3.63) is 12.3 Å². The van der Waals surface area contributed by atoms with Gasteiger partial charge in [0.1, 0.15) is 0 Å². The Morgan fingerprint density at radius 1 is 1.64 bits per heavy atom. The monoisotopic (exact) mass is 215 g/mol. The van der Waals surface area contributed by atoms with Crippen molar-refractivity contribution in [3.63, 3.8) is 0 Å². The minimum absolute atomic E-state index is 0.131. The summed E-state index contributed by atoms with van der Waals surface area (Å²) in [5.41, 5.74) is 0. The number of carbonyl (C=O) groups is 3. The molecule has 14 heavy (non-hydrogen) atoms. The topological polar surface area (TPSA) is 63.7 Å². The summed E-state index contributed by atoms with van der Waals surface area (Å²) < 4.78 is 4.59. The molecule has 0 bridgehead atoms. The van der Waals surface area contributed by atoms with Crippen LogP contribution < -0.4 is 0 Å². The van der Waals surface area contributed by atoms with E-state index in [-0.39, 0.29) is 23.5 Å². The van der Waals surface area contributed by atoms with Crippen LogP contribution in [-0.2, 0) is 14.3 Å². The molecule has 1 saturated heterocycles. The number of ether oxygens (including phenoxy) is 1. The summed E-state index contributed by atoms with van der Waals surface area (Å²) in [5, 5.41) is -0.365. The van der Waals surface area contributed by atoms with Crippen molar-refractivity contribution in [2.45, 2.75) is 6.92 Å². The van der Waals surface area contributed by atoms with E-state index in [0.717, 1.165) is 28.9 Å². The average Bonchev–Trinajstić information content (AvgIpc) is 2.44. The molecular weight excluding hydrogens is 206 g/mol. The van der Waals surface area contributed by atoms with Crippen LogP contribution in [0.5, 0.6) is 0 Å². The molecule has 1 aliphatic heterocycles. The average molecular weight is 215 g/mol. The Balaban J connectivity index is 2.54. The van der Waals surface area contributed by atoms with E-state index in [9.17, 15) is 14.4 Å². The highest BCUT2D eigenvalue weighted by molar-refractivity contribution is 8.14. The molecule has 76 valence electrons. The summed E-state index contributed by atoms with van der Waals surface area (Å²) in [6.07, 6.45) is 2.20. The summed E-state index contributed by atoms with van der Waals surface area (Å²) >= 11 is 0.913. The molecule has 0 aliphatic carbocycles. The lowest BCUT2D eigenvalue weighted by Gasteiger charge is -2.04.